The second-order valence-electron chi connectivity index (χ2n) is 4.64. The third-order valence-electron chi connectivity index (χ3n) is 3.36. The Bertz CT molecular complexity index is 345. The number of hydrogen-bond acceptors (Lipinski definition) is 1. The van der Waals surface area contributed by atoms with E-state index in [1.165, 1.54) is 0 Å². The van der Waals surface area contributed by atoms with Crippen LogP contribution in [0.5, 0.6) is 0 Å². The van der Waals surface area contributed by atoms with Crippen molar-refractivity contribution in [2.45, 2.75) is 49.6 Å². The van der Waals surface area contributed by atoms with Gasteiger partial charge in [0.15, 0.2) is 0 Å². The molecule has 0 aromatic rings. The van der Waals surface area contributed by atoms with Gasteiger partial charge in [-0.15, -0.1) is 0 Å². The highest BCUT2D eigenvalue weighted by Crippen LogP contribution is 2.64. The zero-order chi connectivity index (χ0) is 14.8. The maximum Gasteiger partial charge on any atom is 0.423 e. The van der Waals surface area contributed by atoms with Gasteiger partial charge in [0.25, 0.3) is 5.92 Å². The minimum Gasteiger partial charge on any atom is -0.376 e. The number of alkyl halides is 8. The van der Waals surface area contributed by atoms with Crippen LogP contribution >= 0.6 is 0 Å². The maximum absolute atomic E-state index is 13.9. The van der Waals surface area contributed by atoms with Crippen LogP contribution in [0.25, 0.3) is 0 Å². The Labute approximate surface area is 96.8 Å². The molecule has 0 spiro atoms. The Kier molecular flexibility index (Phi) is 2.99. The second-order valence-corrected chi connectivity index (χ2v) is 4.64. The van der Waals surface area contributed by atoms with E-state index in [4.69, 9.17) is 5.11 Å². The van der Waals surface area contributed by atoms with Gasteiger partial charge in [0.1, 0.15) is 0 Å². The van der Waals surface area contributed by atoms with E-state index >= 15 is 0 Å². The number of rotatable bonds is 1. The van der Waals surface area contributed by atoms with Gasteiger partial charge in [0, 0.05) is 12.8 Å². The first-order valence-electron chi connectivity index (χ1n) is 4.86. The quantitative estimate of drug-likeness (QED) is 0.733. The second kappa shape index (κ2) is 3.49. The monoisotopic (exact) mass is 286 g/mol. The fourth-order valence-corrected chi connectivity index (χ4v) is 2.32. The average Bonchev–Trinajstić information content (AvgIpc) is 2.24. The molecule has 1 aliphatic rings. The van der Waals surface area contributed by atoms with E-state index in [0.29, 0.717) is 6.92 Å². The van der Waals surface area contributed by atoms with Crippen LogP contribution in [0.4, 0.5) is 35.1 Å². The smallest absolute Gasteiger partial charge is 0.376 e. The van der Waals surface area contributed by atoms with Crippen molar-refractivity contribution in [1.82, 2.24) is 0 Å². The van der Waals surface area contributed by atoms with Gasteiger partial charge in [0.05, 0.1) is 0 Å². The lowest BCUT2D eigenvalue weighted by Gasteiger charge is -2.39. The van der Waals surface area contributed by atoms with Gasteiger partial charge in [-0.2, -0.15) is 22.0 Å². The van der Waals surface area contributed by atoms with Crippen LogP contribution in [0.15, 0.2) is 0 Å². The molecule has 0 aliphatic heterocycles. The van der Waals surface area contributed by atoms with Crippen LogP contribution in [0.1, 0.15) is 20.3 Å². The lowest BCUT2D eigenvalue weighted by molar-refractivity contribution is -0.353. The molecule has 0 bridgehead atoms. The Morgan fingerprint density at radius 1 is 1.06 bits per heavy atom. The summed E-state index contributed by atoms with van der Waals surface area (Å²) in [5.74, 6) is -12.7. The highest BCUT2D eigenvalue weighted by Gasteiger charge is 2.87. The van der Waals surface area contributed by atoms with E-state index in [1.54, 1.807) is 0 Å². The zero-order valence-corrected chi connectivity index (χ0v) is 9.26. The molecule has 1 aliphatic carbocycles. The van der Waals surface area contributed by atoms with E-state index in [9.17, 15) is 35.1 Å². The fourth-order valence-electron chi connectivity index (χ4n) is 2.32. The molecule has 9 heteroatoms. The molecule has 1 rings (SSSR count). The van der Waals surface area contributed by atoms with Crippen molar-refractivity contribution >= 4 is 0 Å². The molecule has 1 saturated carbocycles. The number of hydrogen-bond donors (Lipinski definition) is 1. The van der Waals surface area contributed by atoms with Gasteiger partial charge in [-0.05, 0) is 6.42 Å². The van der Waals surface area contributed by atoms with E-state index in [-0.39, 0.29) is 6.92 Å². The van der Waals surface area contributed by atoms with Crippen LogP contribution in [0.3, 0.4) is 0 Å². The number of aliphatic hydroxyl groups is 1. The zero-order valence-electron chi connectivity index (χ0n) is 9.26. The Balaban J connectivity index is 3.47. The molecule has 3 unspecified atom stereocenters. The van der Waals surface area contributed by atoms with Crippen LogP contribution in [-0.2, 0) is 0 Å². The standard InChI is InChI=1S/C9H10F8O/c1-4-3-6(18,9(15,16)17)8(13,14)7(4,12)5(2,10)11/h4,18H,3H2,1-2H3. The Hall–Kier alpha value is -0.600. The van der Waals surface area contributed by atoms with Gasteiger partial charge < -0.3 is 5.11 Å². The SMILES string of the molecule is CC1CC(O)(C(F)(F)F)C(F)(F)C1(F)C(C)(F)F. The highest BCUT2D eigenvalue weighted by atomic mass is 19.4. The molecule has 0 radical (unpaired) electrons. The largest absolute Gasteiger partial charge is 0.423 e. The van der Waals surface area contributed by atoms with Crippen LogP contribution in [-0.4, -0.2) is 34.4 Å². The summed E-state index contributed by atoms with van der Waals surface area (Å²) in [4.78, 5) is 0. The number of halogens is 8. The first kappa shape index (κ1) is 15.5. The first-order valence-corrected chi connectivity index (χ1v) is 4.86. The summed E-state index contributed by atoms with van der Waals surface area (Å²) in [7, 11) is 0. The summed E-state index contributed by atoms with van der Waals surface area (Å²) in [6.45, 7) is 0.245. The maximum atomic E-state index is 13.9. The molecule has 18 heavy (non-hydrogen) atoms. The predicted molar refractivity (Wildman–Crippen MR) is 44.2 cm³/mol. The Morgan fingerprint density at radius 3 is 1.61 bits per heavy atom. The van der Waals surface area contributed by atoms with Crippen molar-refractivity contribution in [2.75, 3.05) is 0 Å². The van der Waals surface area contributed by atoms with E-state index < -0.39 is 41.6 Å². The Morgan fingerprint density at radius 2 is 1.44 bits per heavy atom. The molecular weight excluding hydrogens is 276 g/mol. The summed E-state index contributed by atoms with van der Waals surface area (Å²) in [5.41, 5.74) is -9.56. The summed E-state index contributed by atoms with van der Waals surface area (Å²) in [6.07, 6.45) is -7.74. The molecule has 0 aromatic carbocycles. The van der Waals surface area contributed by atoms with Crippen molar-refractivity contribution in [2.24, 2.45) is 5.92 Å². The lowest BCUT2D eigenvalue weighted by atomic mass is 9.85. The van der Waals surface area contributed by atoms with Crippen molar-refractivity contribution in [3.05, 3.63) is 0 Å². The molecular formula is C9H10F8O. The van der Waals surface area contributed by atoms with Crippen LogP contribution < -0.4 is 0 Å². The first-order chi connectivity index (χ1) is 7.63. The fraction of sp³-hybridized carbons (Fsp3) is 1.00. The summed E-state index contributed by atoms with van der Waals surface area (Å²) in [5, 5.41) is 8.98. The highest BCUT2D eigenvalue weighted by molar-refractivity contribution is 5.22. The molecule has 3 atom stereocenters. The molecule has 1 N–H and O–H groups in total. The van der Waals surface area contributed by atoms with Crippen LogP contribution in [0.2, 0.25) is 0 Å². The van der Waals surface area contributed by atoms with Crippen molar-refractivity contribution in [3.63, 3.8) is 0 Å². The van der Waals surface area contributed by atoms with Crippen molar-refractivity contribution in [3.8, 4) is 0 Å². The van der Waals surface area contributed by atoms with Gasteiger partial charge in [-0.3, -0.25) is 0 Å². The molecule has 0 heterocycles. The summed E-state index contributed by atoms with van der Waals surface area (Å²) < 4.78 is 104. The topological polar surface area (TPSA) is 20.2 Å². The third kappa shape index (κ3) is 1.48. The van der Waals surface area contributed by atoms with Crippen LogP contribution in [0, 0.1) is 5.92 Å². The van der Waals surface area contributed by atoms with Gasteiger partial charge in [0.2, 0.25) is 11.3 Å². The van der Waals surface area contributed by atoms with E-state index in [0.717, 1.165) is 0 Å². The summed E-state index contributed by atoms with van der Waals surface area (Å²) in [6, 6.07) is 0. The molecule has 0 saturated heterocycles. The molecule has 0 aromatic heterocycles. The van der Waals surface area contributed by atoms with E-state index in [2.05, 4.69) is 0 Å². The minimum absolute atomic E-state index is 0.237. The lowest BCUT2D eigenvalue weighted by Crippen LogP contribution is -2.66. The normalized spacial score (nSPS) is 41.2. The third-order valence-corrected chi connectivity index (χ3v) is 3.36. The van der Waals surface area contributed by atoms with Gasteiger partial charge in [-0.1, -0.05) is 6.92 Å². The minimum atomic E-state index is -5.91. The molecule has 1 fully saturated rings. The summed E-state index contributed by atoms with van der Waals surface area (Å²) >= 11 is 0. The molecule has 1 nitrogen and oxygen atoms in total. The molecule has 108 valence electrons. The average molecular weight is 286 g/mol. The van der Waals surface area contributed by atoms with Gasteiger partial charge in [-0.25, -0.2) is 13.2 Å². The van der Waals surface area contributed by atoms with Gasteiger partial charge >= 0.3 is 12.1 Å². The molecule has 0 amide bonds. The predicted octanol–water partition coefficient (Wildman–Crippen LogP) is 3.32. The van der Waals surface area contributed by atoms with Crippen molar-refractivity contribution < 1.29 is 40.2 Å². The van der Waals surface area contributed by atoms with Crippen molar-refractivity contribution in [1.29, 1.82) is 0 Å². The van der Waals surface area contributed by atoms with E-state index in [1.807, 2.05) is 0 Å².